The number of ether oxygens (including phenoxy) is 2. The highest BCUT2D eigenvalue weighted by atomic mass is 16.7. The smallest absolute Gasteiger partial charge is 0.290 e. The Morgan fingerprint density at radius 2 is 1.64 bits per heavy atom. The van der Waals surface area contributed by atoms with Gasteiger partial charge in [0, 0.05) is 13.2 Å². The molecule has 4 heteroatoms. The molecule has 0 saturated carbocycles. The van der Waals surface area contributed by atoms with Crippen molar-refractivity contribution in [1.29, 1.82) is 0 Å². The lowest BCUT2D eigenvalue weighted by molar-refractivity contribution is -0.123. The maximum atomic E-state index is 8.36. The maximum Gasteiger partial charge on any atom is 0.290 e. The van der Waals surface area contributed by atoms with Gasteiger partial charge in [-0.25, -0.2) is 0 Å². The summed E-state index contributed by atoms with van der Waals surface area (Å²) >= 11 is 0. The molecule has 11 heavy (non-hydrogen) atoms. The van der Waals surface area contributed by atoms with Gasteiger partial charge in [-0.1, -0.05) is 0 Å². The zero-order valence-corrected chi connectivity index (χ0v) is 7.24. The Morgan fingerprint density at radius 1 is 1.36 bits per heavy atom. The maximum absolute atomic E-state index is 8.36. The highest BCUT2D eigenvalue weighted by Gasteiger charge is 1.94. The fraction of sp³-hybridized carbons (Fsp3) is 0.857. The Kier molecular flexibility index (Phi) is 14.3. The van der Waals surface area contributed by atoms with Crippen LogP contribution in [0.3, 0.4) is 0 Å². The van der Waals surface area contributed by atoms with Gasteiger partial charge in [-0.15, -0.1) is 0 Å². The largest absolute Gasteiger partial charge is 0.483 e. The zero-order chi connectivity index (χ0) is 9.11. The van der Waals surface area contributed by atoms with Crippen molar-refractivity contribution in [2.45, 2.75) is 27.1 Å². The number of carboxylic acid groups (broad SMARTS) is 1. The number of carbonyl (C=O) groups is 1. The lowest BCUT2D eigenvalue weighted by atomic mass is 10.7. The first-order chi connectivity index (χ1) is 5.22. The van der Waals surface area contributed by atoms with Crippen LogP contribution in [0.1, 0.15) is 20.8 Å². The van der Waals surface area contributed by atoms with Gasteiger partial charge >= 0.3 is 0 Å². The zero-order valence-electron chi connectivity index (χ0n) is 7.24. The quantitative estimate of drug-likeness (QED) is 0.499. The van der Waals surface area contributed by atoms with E-state index in [9.17, 15) is 0 Å². The summed E-state index contributed by atoms with van der Waals surface area (Å²) in [6.07, 6.45) is -0.0370. The molecule has 1 N–H and O–H groups in total. The molecule has 0 bridgehead atoms. The predicted octanol–water partition coefficient (Wildman–Crippen LogP) is 1.11. The third-order valence-electron chi connectivity index (χ3n) is 0.803. The topological polar surface area (TPSA) is 55.8 Å². The Balaban J connectivity index is 0. The molecule has 0 aromatic rings. The summed E-state index contributed by atoms with van der Waals surface area (Å²) in [5.74, 6) is 0. The molecule has 0 aliphatic rings. The molecule has 0 aromatic carbocycles. The lowest BCUT2D eigenvalue weighted by Gasteiger charge is -2.09. The van der Waals surface area contributed by atoms with E-state index in [1.807, 2.05) is 20.8 Å². The minimum atomic E-state index is -0.250. The van der Waals surface area contributed by atoms with Crippen LogP contribution in [0.15, 0.2) is 0 Å². The highest BCUT2D eigenvalue weighted by Crippen LogP contribution is 1.90. The second-order valence-electron chi connectivity index (χ2n) is 1.58. The average Bonchev–Trinajstić information content (AvgIpc) is 1.90. The summed E-state index contributed by atoms with van der Waals surface area (Å²) in [4.78, 5) is 8.36. The molecule has 0 saturated heterocycles. The highest BCUT2D eigenvalue weighted by molar-refractivity contribution is 5.32. The van der Waals surface area contributed by atoms with Gasteiger partial charge in [0.15, 0.2) is 6.29 Å². The van der Waals surface area contributed by atoms with E-state index in [1.165, 1.54) is 0 Å². The molecule has 0 heterocycles. The van der Waals surface area contributed by atoms with Crippen LogP contribution >= 0.6 is 0 Å². The summed E-state index contributed by atoms with van der Waals surface area (Å²) in [6.45, 7) is 7.00. The first kappa shape index (κ1) is 13.0. The van der Waals surface area contributed by atoms with E-state index in [2.05, 4.69) is 0 Å². The molecule has 4 nitrogen and oxygen atoms in total. The normalized spacial score (nSPS) is 8.73. The van der Waals surface area contributed by atoms with Gasteiger partial charge in [0.2, 0.25) is 0 Å². The lowest BCUT2D eigenvalue weighted by Crippen LogP contribution is -2.11. The molecule has 0 spiro atoms. The SMILES string of the molecule is CCOC(C)OCC.O=CO. The third kappa shape index (κ3) is 17.7. The predicted molar refractivity (Wildman–Crippen MR) is 41.4 cm³/mol. The monoisotopic (exact) mass is 164 g/mol. The summed E-state index contributed by atoms with van der Waals surface area (Å²) in [5, 5.41) is 6.89. The fourth-order valence-corrected chi connectivity index (χ4v) is 0.518. The van der Waals surface area contributed by atoms with Crippen molar-refractivity contribution < 1.29 is 19.4 Å². The van der Waals surface area contributed by atoms with Gasteiger partial charge in [0.1, 0.15) is 0 Å². The van der Waals surface area contributed by atoms with E-state index < -0.39 is 0 Å². The number of rotatable bonds is 4. The van der Waals surface area contributed by atoms with Crippen LogP contribution in [0.2, 0.25) is 0 Å². The van der Waals surface area contributed by atoms with Crippen molar-refractivity contribution >= 4 is 6.47 Å². The Bertz CT molecular complexity index is 68.8. The van der Waals surface area contributed by atoms with Crippen LogP contribution in [-0.2, 0) is 14.3 Å². The van der Waals surface area contributed by atoms with Crippen molar-refractivity contribution in [3.63, 3.8) is 0 Å². The molecular weight excluding hydrogens is 148 g/mol. The van der Waals surface area contributed by atoms with Crippen LogP contribution in [0.5, 0.6) is 0 Å². The van der Waals surface area contributed by atoms with Crippen LogP contribution in [0.4, 0.5) is 0 Å². The van der Waals surface area contributed by atoms with Gasteiger partial charge in [0.25, 0.3) is 6.47 Å². The van der Waals surface area contributed by atoms with Crippen molar-refractivity contribution in [2.75, 3.05) is 13.2 Å². The number of hydrogen-bond donors (Lipinski definition) is 1. The molecule has 0 fully saturated rings. The molecule has 0 unspecified atom stereocenters. The Labute approximate surface area is 67.1 Å². The second kappa shape index (κ2) is 12.1. The average molecular weight is 164 g/mol. The molecule has 68 valence electrons. The van der Waals surface area contributed by atoms with Crippen LogP contribution in [0, 0.1) is 0 Å². The van der Waals surface area contributed by atoms with Crippen molar-refractivity contribution in [1.82, 2.24) is 0 Å². The summed E-state index contributed by atoms with van der Waals surface area (Å²) in [7, 11) is 0. The third-order valence-corrected chi connectivity index (χ3v) is 0.803. The standard InChI is InChI=1S/C6H14O2.CH2O2/c1-4-7-6(3)8-5-2;2-1-3/h6H,4-5H2,1-3H3;1H,(H,2,3). The van der Waals surface area contributed by atoms with E-state index in [-0.39, 0.29) is 12.8 Å². The van der Waals surface area contributed by atoms with Crippen molar-refractivity contribution in [3.8, 4) is 0 Å². The van der Waals surface area contributed by atoms with E-state index in [0.29, 0.717) is 0 Å². The second-order valence-corrected chi connectivity index (χ2v) is 1.58. The molecule has 0 amide bonds. The van der Waals surface area contributed by atoms with Crippen LogP contribution < -0.4 is 0 Å². The molecule has 0 radical (unpaired) electrons. The van der Waals surface area contributed by atoms with Gasteiger partial charge in [-0.2, -0.15) is 0 Å². The molecule has 0 atom stereocenters. The van der Waals surface area contributed by atoms with Crippen LogP contribution in [-0.4, -0.2) is 31.1 Å². The van der Waals surface area contributed by atoms with Gasteiger partial charge in [-0.05, 0) is 20.8 Å². The number of hydrogen-bond acceptors (Lipinski definition) is 3. The van der Waals surface area contributed by atoms with Crippen LogP contribution in [0.25, 0.3) is 0 Å². The molecule has 0 aliphatic heterocycles. The molecule has 0 rings (SSSR count). The van der Waals surface area contributed by atoms with E-state index in [0.717, 1.165) is 13.2 Å². The summed E-state index contributed by atoms with van der Waals surface area (Å²) < 4.78 is 10.1. The van der Waals surface area contributed by atoms with E-state index >= 15 is 0 Å². The minimum Gasteiger partial charge on any atom is -0.483 e. The molecular formula is C7H16O4. The Morgan fingerprint density at radius 3 is 1.82 bits per heavy atom. The van der Waals surface area contributed by atoms with Crippen molar-refractivity contribution in [3.05, 3.63) is 0 Å². The van der Waals surface area contributed by atoms with Gasteiger partial charge in [0.05, 0.1) is 0 Å². The van der Waals surface area contributed by atoms with Gasteiger partial charge in [-0.3, -0.25) is 4.79 Å². The first-order valence-corrected chi connectivity index (χ1v) is 3.53. The fourth-order valence-electron chi connectivity index (χ4n) is 0.518. The van der Waals surface area contributed by atoms with E-state index in [4.69, 9.17) is 19.4 Å². The summed E-state index contributed by atoms with van der Waals surface area (Å²) in [6, 6.07) is 0. The van der Waals surface area contributed by atoms with Crippen molar-refractivity contribution in [2.24, 2.45) is 0 Å². The van der Waals surface area contributed by atoms with E-state index in [1.54, 1.807) is 0 Å². The summed E-state index contributed by atoms with van der Waals surface area (Å²) in [5.41, 5.74) is 0. The molecule has 0 aliphatic carbocycles. The van der Waals surface area contributed by atoms with Gasteiger partial charge < -0.3 is 14.6 Å². The molecule has 0 aromatic heterocycles. The Hall–Kier alpha value is -0.610. The minimum absolute atomic E-state index is 0.0370. The first-order valence-electron chi connectivity index (χ1n) is 3.53.